The highest BCUT2D eigenvalue weighted by Gasteiger charge is 2.05. The second kappa shape index (κ2) is 8.28. The molecule has 0 unspecified atom stereocenters. The number of halogens is 1. The van der Waals surface area contributed by atoms with Crippen LogP contribution in [0.3, 0.4) is 0 Å². The molecule has 102 valence electrons. The summed E-state index contributed by atoms with van der Waals surface area (Å²) >= 11 is 0. The van der Waals surface area contributed by atoms with Crippen LogP contribution in [0.25, 0.3) is 0 Å². The van der Waals surface area contributed by atoms with Crippen LogP contribution in [0.2, 0.25) is 0 Å². The zero-order valence-corrected chi connectivity index (χ0v) is 11.0. The van der Waals surface area contributed by atoms with E-state index in [0.29, 0.717) is 24.0 Å². The lowest BCUT2D eigenvalue weighted by Gasteiger charge is -2.06. The molecule has 1 rings (SSSR count). The van der Waals surface area contributed by atoms with Crippen LogP contribution in [0.5, 0.6) is 0 Å². The van der Waals surface area contributed by atoms with E-state index in [1.165, 1.54) is 6.07 Å². The Hall–Kier alpha value is -1.86. The Balaban J connectivity index is 2.70. The van der Waals surface area contributed by atoms with E-state index >= 15 is 0 Å². The number of carbonyl (C=O) groups excluding carboxylic acids is 1. The Morgan fingerprint density at radius 2 is 2.26 bits per heavy atom. The second-order valence-electron chi connectivity index (χ2n) is 4.11. The molecule has 0 bridgehead atoms. The van der Waals surface area contributed by atoms with Gasteiger partial charge in [-0.05, 0) is 24.6 Å². The van der Waals surface area contributed by atoms with Crippen molar-refractivity contribution in [1.29, 1.82) is 0 Å². The summed E-state index contributed by atoms with van der Waals surface area (Å²) in [6.45, 7) is 2.09. The highest BCUT2D eigenvalue weighted by molar-refractivity contribution is 5.75. The number of carbonyl (C=O) groups is 1. The van der Waals surface area contributed by atoms with Crippen LogP contribution in [0.15, 0.2) is 18.2 Å². The van der Waals surface area contributed by atoms with Gasteiger partial charge in [-0.2, -0.15) is 0 Å². The van der Waals surface area contributed by atoms with E-state index in [2.05, 4.69) is 17.2 Å². The molecule has 3 nitrogen and oxygen atoms in total. The maximum absolute atomic E-state index is 13.6. The highest BCUT2D eigenvalue weighted by Crippen LogP contribution is 2.10. The number of amides is 1. The average molecular weight is 263 g/mol. The van der Waals surface area contributed by atoms with Crippen molar-refractivity contribution in [1.82, 2.24) is 5.32 Å². The van der Waals surface area contributed by atoms with E-state index in [-0.39, 0.29) is 24.9 Å². The molecule has 19 heavy (non-hydrogen) atoms. The van der Waals surface area contributed by atoms with Gasteiger partial charge in [-0.1, -0.05) is 18.8 Å². The van der Waals surface area contributed by atoms with Gasteiger partial charge in [0.05, 0.1) is 6.61 Å². The van der Waals surface area contributed by atoms with Gasteiger partial charge in [-0.25, -0.2) is 4.39 Å². The Labute approximate surface area is 112 Å². The fraction of sp³-hybridized carbons (Fsp3) is 0.400. The summed E-state index contributed by atoms with van der Waals surface area (Å²) in [7, 11) is 0. The monoisotopic (exact) mass is 263 g/mol. The van der Waals surface area contributed by atoms with Gasteiger partial charge < -0.3 is 10.4 Å². The molecule has 0 atom stereocenters. The van der Waals surface area contributed by atoms with E-state index in [1.807, 2.05) is 6.92 Å². The van der Waals surface area contributed by atoms with Gasteiger partial charge in [0.25, 0.3) is 0 Å². The molecule has 1 aromatic rings. The molecule has 0 aromatic heterocycles. The van der Waals surface area contributed by atoms with Gasteiger partial charge >= 0.3 is 0 Å². The van der Waals surface area contributed by atoms with Crippen molar-refractivity contribution >= 4 is 5.91 Å². The fourth-order valence-electron chi connectivity index (χ4n) is 1.52. The maximum atomic E-state index is 13.6. The molecule has 0 saturated carbocycles. The largest absolute Gasteiger partial charge is 0.395 e. The molecule has 4 heteroatoms. The molecule has 0 heterocycles. The molecule has 2 N–H and O–H groups in total. The van der Waals surface area contributed by atoms with Crippen LogP contribution in [0, 0.1) is 17.7 Å². The summed E-state index contributed by atoms with van der Waals surface area (Å²) in [5.74, 6) is 5.17. The van der Waals surface area contributed by atoms with Crippen LogP contribution in [-0.2, 0) is 11.3 Å². The van der Waals surface area contributed by atoms with E-state index in [0.717, 1.165) is 6.42 Å². The summed E-state index contributed by atoms with van der Waals surface area (Å²) < 4.78 is 13.6. The molecule has 0 aliphatic heterocycles. The summed E-state index contributed by atoms with van der Waals surface area (Å²) in [6.07, 6.45) is 1.60. The number of rotatable bonds is 5. The van der Waals surface area contributed by atoms with Gasteiger partial charge in [0, 0.05) is 30.5 Å². The first kappa shape index (κ1) is 15.2. The van der Waals surface area contributed by atoms with Gasteiger partial charge in [-0.15, -0.1) is 0 Å². The van der Waals surface area contributed by atoms with Crippen molar-refractivity contribution in [3.05, 3.63) is 35.1 Å². The van der Waals surface area contributed by atoms with Crippen molar-refractivity contribution < 1.29 is 14.3 Å². The van der Waals surface area contributed by atoms with Gasteiger partial charge in [0.1, 0.15) is 5.82 Å². The minimum atomic E-state index is -0.357. The SMILES string of the molecule is CCCC(=O)NCc1cc(C#CCCO)ccc1F. The van der Waals surface area contributed by atoms with E-state index in [9.17, 15) is 9.18 Å². The number of hydrogen-bond donors (Lipinski definition) is 2. The van der Waals surface area contributed by atoms with Crippen molar-refractivity contribution in [3.8, 4) is 11.8 Å². The molecule has 0 aliphatic carbocycles. The van der Waals surface area contributed by atoms with Gasteiger partial charge in [-0.3, -0.25) is 4.79 Å². The molecule has 0 spiro atoms. The van der Waals surface area contributed by atoms with Crippen molar-refractivity contribution in [2.75, 3.05) is 6.61 Å². The summed E-state index contributed by atoms with van der Waals surface area (Å²) in [5, 5.41) is 11.3. The fourth-order valence-corrected chi connectivity index (χ4v) is 1.52. The third-order valence-electron chi connectivity index (χ3n) is 2.47. The predicted octanol–water partition coefficient (Wildman–Crippen LogP) is 1.98. The minimum absolute atomic E-state index is 0.00806. The van der Waals surface area contributed by atoms with Crippen LogP contribution in [0.4, 0.5) is 4.39 Å². The summed E-state index contributed by atoms with van der Waals surface area (Å²) in [4.78, 5) is 11.3. The van der Waals surface area contributed by atoms with Crippen LogP contribution in [0.1, 0.15) is 37.3 Å². The Bertz CT molecular complexity index is 489. The predicted molar refractivity (Wildman–Crippen MR) is 71.7 cm³/mol. The quantitative estimate of drug-likeness (QED) is 0.798. The lowest BCUT2D eigenvalue weighted by molar-refractivity contribution is -0.121. The smallest absolute Gasteiger partial charge is 0.220 e. The van der Waals surface area contributed by atoms with Crippen LogP contribution < -0.4 is 5.32 Å². The number of aliphatic hydroxyl groups is 1. The third-order valence-corrected chi connectivity index (χ3v) is 2.47. The van der Waals surface area contributed by atoms with Gasteiger partial charge in [0.15, 0.2) is 0 Å². The van der Waals surface area contributed by atoms with Crippen LogP contribution in [-0.4, -0.2) is 17.6 Å². The van der Waals surface area contributed by atoms with Crippen molar-refractivity contribution in [2.45, 2.75) is 32.7 Å². The Morgan fingerprint density at radius 1 is 1.47 bits per heavy atom. The number of hydrogen-bond acceptors (Lipinski definition) is 2. The normalized spacial score (nSPS) is 9.63. The molecule has 1 aromatic carbocycles. The molecule has 0 radical (unpaired) electrons. The molecule has 0 saturated heterocycles. The lowest BCUT2D eigenvalue weighted by atomic mass is 10.1. The van der Waals surface area contributed by atoms with Crippen LogP contribution >= 0.6 is 0 Å². The van der Waals surface area contributed by atoms with E-state index in [1.54, 1.807) is 12.1 Å². The zero-order chi connectivity index (χ0) is 14.1. The van der Waals surface area contributed by atoms with Gasteiger partial charge in [0.2, 0.25) is 5.91 Å². The first-order chi connectivity index (χ1) is 9.17. The lowest BCUT2D eigenvalue weighted by Crippen LogP contribution is -2.22. The number of nitrogens with one attached hydrogen (secondary N) is 1. The maximum Gasteiger partial charge on any atom is 0.220 e. The van der Waals surface area contributed by atoms with Crippen molar-refractivity contribution in [3.63, 3.8) is 0 Å². The minimum Gasteiger partial charge on any atom is -0.395 e. The zero-order valence-electron chi connectivity index (χ0n) is 11.0. The van der Waals surface area contributed by atoms with Crippen molar-refractivity contribution in [2.24, 2.45) is 0 Å². The molecule has 0 fully saturated rings. The first-order valence-corrected chi connectivity index (χ1v) is 6.32. The topological polar surface area (TPSA) is 49.3 Å². The Morgan fingerprint density at radius 3 is 2.95 bits per heavy atom. The summed E-state index contributed by atoms with van der Waals surface area (Å²) in [6, 6.07) is 4.53. The van der Waals surface area contributed by atoms with E-state index in [4.69, 9.17) is 5.11 Å². The second-order valence-corrected chi connectivity index (χ2v) is 4.11. The molecular formula is C15H18FNO2. The third kappa shape index (κ3) is 5.54. The average Bonchev–Trinajstić information content (AvgIpc) is 2.40. The number of aliphatic hydroxyl groups excluding tert-OH is 1. The Kier molecular flexibility index (Phi) is 6.62. The standard InChI is InChI=1S/C15H18FNO2/c1-2-5-15(19)17-11-13-10-12(6-3-4-9-18)7-8-14(13)16/h7-8,10,18H,2,4-5,9,11H2,1H3,(H,17,19). The number of benzene rings is 1. The molecule has 1 amide bonds. The van der Waals surface area contributed by atoms with E-state index < -0.39 is 0 Å². The molecular weight excluding hydrogens is 245 g/mol. The molecule has 0 aliphatic rings. The first-order valence-electron chi connectivity index (χ1n) is 6.32. The highest BCUT2D eigenvalue weighted by atomic mass is 19.1. The summed E-state index contributed by atoms with van der Waals surface area (Å²) in [5.41, 5.74) is 1.09.